The molecule has 0 bridgehead atoms. The van der Waals surface area contributed by atoms with Crippen LogP contribution in [0.15, 0.2) is 12.2 Å². The van der Waals surface area contributed by atoms with Crippen molar-refractivity contribution in [3.63, 3.8) is 0 Å². The predicted octanol–water partition coefficient (Wildman–Crippen LogP) is 5.65. The third-order valence-electron chi connectivity index (χ3n) is 9.07. The summed E-state index contributed by atoms with van der Waals surface area (Å²) in [6, 6.07) is -0.934. The Bertz CT molecular complexity index is 951. The Morgan fingerprint density at radius 3 is 1.78 bits per heavy atom. The molecule has 7 atom stereocenters. The van der Waals surface area contributed by atoms with Crippen molar-refractivity contribution in [3.8, 4) is 0 Å². The van der Waals surface area contributed by atoms with Crippen molar-refractivity contribution >= 4 is 16.3 Å². The summed E-state index contributed by atoms with van der Waals surface area (Å²) < 4.78 is 47.3. The molecule has 1 aliphatic heterocycles. The molecule has 1 heterocycles. The summed E-state index contributed by atoms with van der Waals surface area (Å²) in [5, 5.41) is 44.3. The maximum Gasteiger partial charge on any atom is 0.397 e. The second-order valence-corrected chi connectivity index (χ2v) is 14.6. The Morgan fingerprint density at radius 2 is 1.29 bits per heavy atom. The quantitative estimate of drug-likeness (QED) is 0.0294. The molecule has 0 aromatic heterocycles. The predicted molar refractivity (Wildman–Crippen MR) is 190 cm³/mol. The van der Waals surface area contributed by atoms with Gasteiger partial charge in [-0.05, 0) is 19.3 Å². The van der Waals surface area contributed by atoms with Crippen molar-refractivity contribution in [2.45, 2.75) is 198 Å². The number of carbonyl (C=O) groups is 1. The highest BCUT2D eigenvalue weighted by Gasteiger charge is 2.48. The minimum atomic E-state index is -5.07. The summed E-state index contributed by atoms with van der Waals surface area (Å²) in [6.07, 6.45) is 18.4. The number of aliphatic hydroxyl groups is 4. The molecule has 0 aromatic rings. The maximum atomic E-state index is 12.9. The molecule has 7 unspecified atom stereocenters. The minimum Gasteiger partial charge on any atom is -0.394 e. The van der Waals surface area contributed by atoms with E-state index in [9.17, 15) is 33.6 Å². The van der Waals surface area contributed by atoms with Gasteiger partial charge >= 0.3 is 10.4 Å². The number of hydrogen-bond acceptors (Lipinski definition) is 10. The summed E-state index contributed by atoms with van der Waals surface area (Å²) in [7, 11) is -5.07. The van der Waals surface area contributed by atoms with Crippen LogP contribution in [0.2, 0.25) is 0 Å². The van der Waals surface area contributed by atoms with Crippen LogP contribution >= 0.6 is 0 Å². The van der Waals surface area contributed by atoms with E-state index < -0.39 is 59.9 Å². The fourth-order valence-corrected chi connectivity index (χ4v) is 6.55. The van der Waals surface area contributed by atoms with E-state index in [0.29, 0.717) is 6.42 Å². The van der Waals surface area contributed by atoms with Gasteiger partial charge in [-0.15, -0.1) is 0 Å². The minimum absolute atomic E-state index is 0.268. The zero-order chi connectivity index (χ0) is 36.3. The second kappa shape index (κ2) is 28.4. The Balaban J connectivity index is 2.66. The molecule has 1 amide bonds. The lowest BCUT2D eigenvalue weighted by atomic mass is 9.99. The first-order valence-corrected chi connectivity index (χ1v) is 20.4. The van der Waals surface area contributed by atoms with E-state index in [0.717, 1.165) is 38.5 Å². The van der Waals surface area contributed by atoms with E-state index in [-0.39, 0.29) is 18.9 Å². The van der Waals surface area contributed by atoms with Gasteiger partial charge in [0.2, 0.25) is 5.91 Å². The zero-order valence-corrected chi connectivity index (χ0v) is 31.1. The van der Waals surface area contributed by atoms with Crippen LogP contribution in [0.3, 0.4) is 0 Å². The number of allylic oxidation sites excluding steroid dienone is 1. The van der Waals surface area contributed by atoms with E-state index in [1.165, 1.54) is 89.9 Å². The van der Waals surface area contributed by atoms with E-state index in [1.807, 2.05) is 6.08 Å². The van der Waals surface area contributed by atoms with Gasteiger partial charge in [0.05, 0.1) is 25.4 Å². The Hall–Kier alpha value is -1.16. The summed E-state index contributed by atoms with van der Waals surface area (Å²) in [5.41, 5.74) is 0. The van der Waals surface area contributed by atoms with Crippen molar-refractivity contribution in [2.24, 2.45) is 0 Å². The van der Waals surface area contributed by atoms with Crippen LogP contribution in [-0.2, 0) is 28.9 Å². The van der Waals surface area contributed by atoms with Crippen LogP contribution in [-0.4, -0.2) is 95.4 Å². The highest BCUT2D eigenvalue weighted by Crippen LogP contribution is 2.26. The molecular weight excluding hydrogens is 654 g/mol. The van der Waals surface area contributed by atoms with Crippen LogP contribution in [0.1, 0.15) is 155 Å². The summed E-state index contributed by atoms with van der Waals surface area (Å²) in [4.78, 5) is 12.9. The van der Waals surface area contributed by atoms with Crippen molar-refractivity contribution in [2.75, 3.05) is 13.2 Å². The Morgan fingerprint density at radius 1 is 0.796 bits per heavy atom. The molecule has 1 rings (SSSR count). The van der Waals surface area contributed by atoms with Gasteiger partial charge in [0, 0.05) is 6.42 Å². The summed E-state index contributed by atoms with van der Waals surface area (Å²) >= 11 is 0. The molecule has 13 heteroatoms. The standard InChI is InChI=1S/C36H69NO11S/c1-3-5-7-9-11-13-14-15-16-18-19-21-23-25-30(39)29(37-32(40)26-24-22-20-17-12-10-8-6-4-2)28-46-36-34(42)35(48-49(43,44)45)33(41)31(27-38)47-36/h23,25,29-31,33-36,38-39,41-42H,3-22,24,26-28H2,1-2H3,(H,37,40)(H,43,44,45)/b25-23+. The van der Waals surface area contributed by atoms with Gasteiger partial charge in [-0.2, -0.15) is 8.42 Å². The molecule has 0 aromatic carbocycles. The van der Waals surface area contributed by atoms with Gasteiger partial charge in [0.25, 0.3) is 0 Å². The highest BCUT2D eigenvalue weighted by atomic mass is 32.3. The fraction of sp³-hybridized carbons (Fsp3) is 0.917. The van der Waals surface area contributed by atoms with Gasteiger partial charge in [-0.25, -0.2) is 4.18 Å². The number of ether oxygens (including phenoxy) is 2. The molecule has 6 N–H and O–H groups in total. The van der Waals surface area contributed by atoms with Gasteiger partial charge in [0.15, 0.2) is 6.29 Å². The smallest absolute Gasteiger partial charge is 0.394 e. The van der Waals surface area contributed by atoms with E-state index in [1.54, 1.807) is 6.08 Å². The number of unbranched alkanes of at least 4 members (excludes halogenated alkanes) is 19. The molecule has 0 spiro atoms. The van der Waals surface area contributed by atoms with Crippen LogP contribution in [0.5, 0.6) is 0 Å². The molecule has 0 saturated carbocycles. The lowest BCUT2D eigenvalue weighted by molar-refractivity contribution is -0.298. The molecule has 290 valence electrons. The number of rotatable bonds is 31. The lowest BCUT2D eigenvalue weighted by Gasteiger charge is -2.41. The van der Waals surface area contributed by atoms with Crippen molar-refractivity contribution in [1.82, 2.24) is 5.32 Å². The molecule has 49 heavy (non-hydrogen) atoms. The average Bonchev–Trinajstić information content (AvgIpc) is 3.06. The first kappa shape index (κ1) is 45.9. The third-order valence-corrected chi connectivity index (χ3v) is 9.53. The molecule has 0 radical (unpaired) electrons. The van der Waals surface area contributed by atoms with E-state index in [2.05, 4.69) is 23.3 Å². The number of aliphatic hydroxyl groups excluding tert-OH is 4. The molecule has 1 saturated heterocycles. The lowest BCUT2D eigenvalue weighted by Crippen LogP contribution is -2.61. The number of amides is 1. The summed E-state index contributed by atoms with van der Waals surface area (Å²) in [5.74, 6) is -0.268. The first-order chi connectivity index (χ1) is 23.5. The molecule has 1 aliphatic rings. The van der Waals surface area contributed by atoms with Gasteiger partial charge in [-0.1, -0.05) is 142 Å². The number of carbonyl (C=O) groups excluding carboxylic acids is 1. The van der Waals surface area contributed by atoms with Crippen LogP contribution < -0.4 is 5.32 Å². The first-order valence-electron chi connectivity index (χ1n) is 19.1. The maximum absolute atomic E-state index is 12.9. The Labute approximate surface area is 296 Å². The molecule has 0 aliphatic carbocycles. The van der Waals surface area contributed by atoms with Crippen LogP contribution in [0.25, 0.3) is 0 Å². The van der Waals surface area contributed by atoms with E-state index in [4.69, 9.17) is 14.0 Å². The van der Waals surface area contributed by atoms with E-state index >= 15 is 0 Å². The third kappa shape index (κ3) is 22.4. The zero-order valence-electron chi connectivity index (χ0n) is 30.3. The number of nitrogens with one attached hydrogen (secondary N) is 1. The average molecular weight is 724 g/mol. The van der Waals surface area contributed by atoms with Gasteiger partial charge in [-0.3, -0.25) is 9.35 Å². The van der Waals surface area contributed by atoms with Gasteiger partial charge < -0.3 is 35.2 Å². The summed E-state index contributed by atoms with van der Waals surface area (Å²) in [6.45, 7) is 3.32. The van der Waals surface area contributed by atoms with Crippen molar-refractivity contribution < 1.29 is 51.8 Å². The van der Waals surface area contributed by atoms with Crippen LogP contribution in [0, 0.1) is 0 Å². The molecule has 1 fully saturated rings. The number of hydrogen-bond donors (Lipinski definition) is 6. The van der Waals surface area contributed by atoms with Crippen molar-refractivity contribution in [1.29, 1.82) is 0 Å². The normalized spacial score (nSPS) is 22.8. The molecular formula is C36H69NO11S. The monoisotopic (exact) mass is 723 g/mol. The molecule has 12 nitrogen and oxygen atoms in total. The fourth-order valence-electron chi connectivity index (χ4n) is 6.04. The van der Waals surface area contributed by atoms with Gasteiger partial charge in [0.1, 0.15) is 24.4 Å². The van der Waals surface area contributed by atoms with Crippen molar-refractivity contribution in [3.05, 3.63) is 12.2 Å². The highest BCUT2D eigenvalue weighted by molar-refractivity contribution is 7.80. The SMILES string of the molecule is CCCCCCCCCCCCC/C=C/C(O)C(COC1OC(CO)C(O)C(OS(=O)(=O)O)C1O)NC(=O)CCCCCCCCCCC. The largest absolute Gasteiger partial charge is 0.397 e. The topological polar surface area (TPSA) is 192 Å². The Kier molecular flexibility index (Phi) is 26.6. The van der Waals surface area contributed by atoms with Crippen LogP contribution in [0.4, 0.5) is 0 Å². The second-order valence-electron chi connectivity index (χ2n) is 13.5.